The van der Waals surface area contributed by atoms with Crippen LogP contribution in [-0.4, -0.2) is 30.2 Å². The van der Waals surface area contributed by atoms with Crippen LogP contribution in [0.1, 0.15) is 30.4 Å². The molecule has 0 spiro atoms. The van der Waals surface area contributed by atoms with E-state index in [1.807, 2.05) is 12.2 Å². The van der Waals surface area contributed by atoms with Gasteiger partial charge in [0.05, 0.1) is 23.2 Å². The summed E-state index contributed by atoms with van der Waals surface area (Å²) < 4.78 is 11.4. The Kier molecular flexibility index (Phi) is 6.70. The number of ether oxygens (including phenoxy) is 2. The topological polar surface area (TPSA) is 76.0 Å². The lowest BCUT2D eigenvalue weighted by Crippen LogP contribution is -2.12. The number of carbonyl (C=O) groups is 1. The zero-order valence-electron chi connectivity index (χ0n) is 16.0. The zero-order valence-corrected chi connectivity index (χ0v) is 19.1. The van der Waals surface area contributed by atoms with Crippen molar-refractivity contribution in [2.24, 2.45) is 0 Å². The third-order valence-corrected chi connectivity index (χ3v) is 5.91. The highest BCUT2D eigenvalue weighted by atomic mass is 79.9. The second-order valence-corrected chi connectivity index (χ2v) is 8.34. The maximum absolute atomic E-state index is 13.0. The molecule has 2 N–H and O–H groups in total. The Morgan fingerprint density at radius 1 is 0.828 bits per heavy atom. The number of methoxy groups -OCH3 is 2. The molecule has 0 unspecified atom stereocenters. The molecule has 0 atom stereocenters. The van der Waals surface area contributed by atoms with Gasteiger partial charge in [-0.05, 0) is 98.7 Å². The second-order valence-electron chi connectivity index (χ2n) is 6.63. The average Bonchev–Trinajstić information content (AvgIpc) is 2.70. The molecule has 7 heteroatoms. The fourth-order valence-electron chi connectivity index (χ4n) is 3.25. The first-order valence-electron chi connectivity index (χ1n) is 8.93. The number of aromatic hydroxyl groups is 2. The summed E-state index contributed by atoms with van der Waals surface area (Å²) in [6, 6.07) is 6.89. The van der Waals surface area contributed by atoms with E-state index in [2.05, 4.69) is 31.9 Å². The number of rotatable bonds is 4. The largest absolute Gasteiger partial charge is 0.503 e. The molecule has 0 aromatic heterocycles. The Balaban J connectivity index is 1.95. The maximum Gasteiger partial charge on any atom is 0.185 e. The molecule has 1 saturated carbocycles. The van der Waals surface area contributed by atoms with Crippen molar-refractivity contribution in [1.29, 1.82) is 0 Å². The van der Waals surface area contributed by atoms with Gasteiger partial charge < -0.3 is 19.7 Å². The smallest absolute Gasteiger partial charge is 0.185 e. The quantitative estimate of drug-likeness (QED) is 0.491. The number of phenolic OH excluding ortho intramolecular Hbond substituents is 2. The van der Waals surface area contributed by atoms with Gasteiger partial charge in [0, 0.05) is 11.1 Å². The summed E-state index contributed by atoms with van der Waals surface area (Å²) in [7, 11) is 2.96. The lowest BCUT2D eigenvalue weighted by Gasteiger charge is -2.17. The number of benzene rings is 2. The summed E-state index contributed by atoms with van der Waals surface area (Å²) in [4.78, 5) is 13.0. The molecular formula is C22H20Br2O5. The first-order chi connectivity index (χ1) is 13.8. The molecule has 5 nitrogen and oxygen atoms in total. The molecule has 0 aliphatic heterocycles. The average molecular weight is 524 g/mol. The van der Waals surface area contributed by atoms with Gasteiger partial charge in [-0.2, -0.15) is 0 Å². The van der Waals surface area contributed by atoms with Crippen LogP contribution in [0.25, 0.3) is 12.2 Å². The molecule has 2 aromatic rings. The van der Waals surface area contributed by atoms with Crippen molar-refractivity contribution < 1.29 is 24.5 Å². The van der Waals surface area contributed by atoms with Gasteiger partial charge in [0.25, 0.3) is 0 Å². The predicted octanol–water partition coefficient (Wildman–Crippen LogP) is 5.86. The number of Topliss-reactive ketones (excluding diaryl/α,β-unsaturated/α-hetero) is 1. The van der Waals surface area contributed by atoms with Crippen LogP contribution in [0.2, 0.25) is 0 Å². The highest BCUT2D eigenvalue weighted by molar-refractivity contribution is 9.10. The van der Waals surface area contributed by atoms with E-state index in [9.17, 15) is 15.0 Å². The van der Waals surface area contributed by atoms with Gasteiger partial charge >= 0.3 is 0 Å². The van der Waals surface area contributed by atoms with Crippen molar-refractivity contribution >= 4 is 49.8 Å². The number of ketones is 1. The van der Waals surface area contributed by atoms with Crippen LogP contribution >= 0.6 is 31.9 Å². The number of hydrogen-bond acceptors (Lipinski definition) is 5. The van der Waals surface area contributed by atoms with Gasteiger partial charge in [0.2, 0.25) is 0 Å². The van der Waals surface area contributed by atoms with E-state index in [0.29, 0.717) is 44.4 Å². The lowest BCUT2D eigenvalue weighted by molar-refractivity contribution is -0.112. The second kappa shape index (κ2) is 9.05. The normalized spacial score (nSPS) is 17.0. The Morgan fingerprint density at radius 3 is 1.62 bits per heavy atom. The molecule has 152 valence electrons. The highest BCUT2D eigenvalue weighted by Crippen LogP contribution is 2.38. The minimum absolute atomic E-state index is 0.0115. The monoisotopic (exact) mass is 522 g/mol. The van der Waals surface area contributed by atoms with Crippen LogP contribution in [-0.2, 0) is 4.79 Å². The van der Waals surface area contributed by atoms with Gasteiger partial charge in [-0.15, -0.1) is 0 Å². The van der Waals surface area contributed by atoms with Crippen LogP contribution in [0.3, 0.4) is 0 Å². The number of halogens is 2. The Labute approximate surface area is 185 Å². The van der Waals surface area contributed by atoms with Crippen LogP contribution in [0.5, 0.6) is 23.0 Å². The lowest BCUT2D eigenvalue weighted by atomic mass is 9.87. The number of carbonyl (C=O) groups excluding carboxylic acids is 1. The molecule has 1 aliphatic rings. The summed E-state index contributed by atoms with van der Waals surface area (Å²) >= 11 is 6.62. The fraction of sp³-hybridized carbons (Fsp3) is 0.227. The van der Waals surface area contributed by atoms with Crippen molar-refractivity contribution in [3.05, 3.63) is 55.5 Å². The molecule has 0 amide bonds. The SMILES string of the molecule is COc1cc(C=C2CCCC(=Cc3cc(Br)c(O)c(OC)c3)C2=O)cc(Br)c1O. The third kappa shape index (κ3) is 4.67. The predicted molar refractivity (Wildman–Crippen MR) is 120 cm³/mol. The van der Waals surface area contributed by atoms with Crippen LogP contribution in [0.15, 0.2) is 44.4 Å². The van der Waals surface area contributed by atoms with Crippen molar-refractivity contribution in [3.63, 3.8) is 0 Å². The molecule has 0 bridgehead atoms. The van der Waals surface area contributed by atoms with E-state index in [4.69, 9.17) is 9.47 Å². The van der Waals surface area contributed by atoms with E-state index in [1.165, 1.54) is 14.2 Å². The fourth-order valence-corrected chi connectivity index (χ4v) is 4.17. The van der Waals surface area contributed by atoms with Crippen molar-refractivity contribution in [3.8, 4) is 23.0 Å². The van der Waals surface area contributed by atoms with Gasteiger partial charge in [0.1, 0.15) is 0 Å². The summed E-state index contributed by atoms with van der Waals surface area (Å²) in [5, 5.41) is 19.9. The van der Waals surface area contributed by atoms with E-state index >= 15 is 0 Å². The first kappa shape index (κ1) is 21.5. The van der Waals surface area contributed by atoms with Gasteiger partial charge in [-0.25, -0.2) is 0 Å². The van der Waals surface area contributed by atoms with Crippen LogP contribution in [0.4, 0.5) is 0 Å². The summed E-state index contributed by atoms with van der Waals surface area (Å²) in [5.74, 6) is 0.717. The Hall–Kier alpha value is -2.25. The Morgan fingerprint density at radius 2 is 1.24 bits per heavy atom. The van der Waals surface area contributed by atoms with Gasteiger partial charge in [-0.1, -0.05) is 0 Å². The molecule has 1 aliphatic carbocycles. The minimum Gasteiger partial charge on any atom is -0.503 e. The van der Waals surface area contributed by atoms with Crippen molar-refractivity contribution in [1.82, 2.24) is 0 Å². The molecule has 29 heavy (non-hydrogen) atoms. The molecule has 1 fully saturated rings. The molecule has 0 heterocycles. The van der Waals surface area contributed by atoms with Gasteiger partial charge in [-0.3, -0.25) is 4.79 Å². The van der Waals surface area contributed by atoms with E-state index in [-0.39, 0.29) is 17.3 Å². The molecule has 3 rings (SSSR count). The molecule has 0 saturated heterocycles. The third-order valence-electron chi connectivity index (χ3n) is 4.70. The minimum atomic E-state index is -0.0115. The van der Waals surface area contributed by atoms with Crippen LogP contribution < -0.4 is 9.47 Å². The maximum atomic E-state index is 13.0. The number of allylic oxidation sites excluding steroid dienone is 2. The summed E-state index contributed by atoms with van der Waals surface area (Å²) in [5.41, 5.74) is 2.94. The molecule has 0 radical (unpaired) electrons. The first-order valence-corrected chi connectivity index (χ1v) is 10.5. The zero-order chi connectivity index (χ0) is 21.1. The highest BCUT2D eigenvalue weighted by Gasteiger charge is 2.21. The van der Waals surface area contributed by atoms with E-state index in [0.717, 1.165) is 17.5 Å². The van der Waals surface area contributed by atoms with Crippen molar-refractivity contribution in [2.75, 3.05) is 14.2 Å². The summed E-state index contributed by atoms with van der Waals surface area (Å²) in [6.45, 7) is 0. The van der Waals surface area contributed by atoms with E-state index in [1.54, 1.807) is 24.3 Å². The van der Waals surface area contributed by atoms with Gasteiger partial charge in [0.15, 0.2) is 28.8 Å². The number of hydrogen-bond donors (Lipinski definition) is 2. The molecule has 2 aromatic carbocycles. The number of phenols is 2. The van der Waals surface area contributed by atoms with E-state index < -0.39 is 0 Å². The molecular weight excluding hydrogens is 504 g/mol. The van der Waals surface area contributed by atoms with Crippen molar-refractivity contribution in [2.45, 2.75) is 19.3 Å². The van der Waals surface area contributed by atoms with Crippen LogP contribution in [0, 0.1) is 0 Å². The standard InChI is InChI=1S/C22H20Br2O5/c1-28-18-10-12(8-16(23)21(18)26)6-14-4-3-5-15(20(14)25)7-13-9-17(24)22(27)19(11-13)29-2/h6-11,26-27H,3-5H2,1-2H3. The Bertz CT molecular complexity index is 945. The summed E-state index contributed by atoms with van der Waals surface area (Å²) in [6.07, 6.45) is 5.88.